The highest BCUT2D eigenvalue weighted by atomic mass is 32.2. The minimum atomic E-state index is -3.40. The Kier molecular flexibility index (Phi) is 5.26. The van der Waals surface area contributed by atoms with E-state index in [0.29, 0.717) is 18.8 Å². The number of hydrogen-bond donors (Lipinski definition) is 2. The Morgan fingerprint density at radius 1 is 1.17 bits per heavy atom. The normalized spacial score (nSPS) is 12.2. The van der Waals surface area contributed by atoms with Gasteiger partial charge in [-0.15, -0.1) is 0 Å². The summed E-state index contributed by atoms with van der Waals surface area (Å²) in [7, 11) is -3.40. The van der Waals surface area contributed by atoms with Crippen molar-refractivity contribution in [2.45, 2.75) is 53.0 Å². The van der Waals surface area contributed by atoms with Gasteiger partial charge in [0.05, 0.1) is 11.3 Å². The SMILES string of the molecule is CCCc1nc2c(N)nc(C)c(C)c2n1CCCCS(N)(=O)=O. The summed E-state index contributed by atoms with van der Waals surface area (Å²) >= 11 is 0. The summed E-state index contributed by atoms with van der Waals surface area (Å²) in [5, 5.41) is 5.06. The lowest BCUT2D eigenvalue weighted by molar-refractivity contribution is 0.580. The average Bonchev–Trinajstić information content (AvgIpc) is 2.80. The van der Waals surface area contributed by atoms with Gasteiger partial charge in [-0.3, -0.25) is 0 Å². The van der Waals surface area contributed by atoms with E-state index in [2.05, 4.69) is 21.5 Å². The Balaban J connectivity index is 2.37. The van der Waals surface area contributed by atoms with E-state index in [1.165, 1.54) is 0 Å². The first kappa shape index (κ1) is 17.7. The minimum absolute atomic E-state index is 0.00441. The molecule has 2 aromatic heterocycles. The number of hydrogen-bond acceptors (Lipinski definition) is 5. The Morgan fingerprint density at radius 3 is 2.48 bits per heavy atom. The maximum absolute atomic E-state index is 11.1. The van der Waals surface area contributed by atoms with Gasteiger partial charge in [0, 0.05) is 18.7 Å². The molecule has 0 atom stereocenters. The zero-order valence-corrected chi connectivity index (χ0v) is 14.8. The highest BCUT2D eigenvalue weighted by molar-refractivity contribution is 7.89. The van der Waals surface area contributed by atoms with Crippen molar-refractivity contribution < 1.29 is 8.42 Å². The lowest BCUT2D eigenvalue weighted by Crippen LogP contribution is -2.17. The van der Waals surface area contributed by atoms with E-state index in [9.17, 15) is 8.42 Å². The second kappa shape index (κ2) is 6.84. The molecular weight excluding hydrogens is 314 g/mol. The van der Waals surface area contributed by atoms with Crippen molar-refractivity contribution in [2.75, 3.05) is 11.5 Å². The molecule has 128 valence electrons. The Morgan fingerprint density at radius 2 is 1.87 bits per heavy atom. The first-order valence-electron chi connectivity index (χ1n) is 7.86. The van der Waals surface area contributed by atoms with Gasteiger partial charge in [-0.25, -0.2) is 23.5 Å². The molecule has 0 radical (unpaired) electrons. The number of pyridine rings is 1. The van der Waals surface area contributed by atoms with Gasteiger partial charge in [-0.2, -0.15) is 0 Å². The van der Waals surface area contributed by atoms with E-state index in [0.717, 1.165) is 47.4 Å². The summed E-state index contributed by atoms with van der Waals surface area (Å²) in [5.74, 6) is 1.42. The monoisotopic (exact) mass is 339 g/mol. The lowest BCUT2D eigenvalue weighted by atomic mass is 10.2. The Bertz CT molecular complexity index is 811. The number of primary sulfonamides is 1. The van der Waals surface area contributed by atoms with E-state index in [1.54, 1.807) is 0 Å². The number of nitrogens with two attached hydrogens (primary N) is 2. The number of aromatic nitrogens is 3. The van der Waals surface area contributed by atoms with Crippen molar-refractivity contribution in [3.8, 4) is 0 Å². The molecule has 4 N–H and O–H groups in total. The summed E-state index contributed by atoms with van der Waals surface area (Å²) in [5.41, 5.74) is 9.74. The first-order valence-corrected chi connectivity index (χ1v) is 9.58. The molecule has 0 aliphatic heterocycles. The van der Waals surface area contributed by atoms with Crippen LogP contribution in [0.5, 0.6) is 0 Å². The molecule has 2 aromatic rings. The van der Waals surface area contributed by atoms with Crippen molar-refractivity contribution >= 4 is 26.9 Å². The molecule has 0 saturated carbocycles. The van der Waals surface area contributed by atoms with Crippen LogP contribution in [0.25, 0.3) is 11.0 Å². The number of anilines is 1. The van der Waals surface area contributed by atoms with E-state index < -0.39 is 10.0 Å². The molecule has 0 fully saturated rings. The first-order chi connectivity index (χ1) is 10.7. The number of unbranched alkanes of at least 4 members (excludes halogenated alkanes) is 1. The molecule has 23 heavy (non-hydrogen) atoms. The number of sulfonamides is 1. The predicted molar refractivity (Wildman–Crippen MR) is 92.6 cm³/mol. The molecule has 0 saturated heterocycles. The van der Waals surface area contributed by atoms with Crippen LogP contribution in [-0.2, 0) is 23.0 Å². The van der Waals surface area contributed by atoms with Gasteiger partial charge in [0.2, 0.25) is 10.0 Å². The maximum atomic E-state index is 11.1. The van der Waals surface area contributed by atoms with Crippen LogP contribution < -0.4 is 10.9 Å². The van der Waals surface area contributed by atoms with Crippen LogP contribution >= 0.6 is 0 Å². The second-order valence-electron chi connectivity index (χ2n) is 5.91. The minimum Gasteiger partial charge on any atom is -0.382 e. The van der Waals surface area contributed by atoms with Gasteiger partial charge in [-0.05, 0) is 38.7 Å². The number of aryl methyl sites for hydroxylation is 4. The summed E-state index contributed by atoms with van der Waals surface area (Å²) in [6, 6.07) is 0. The lowest BCUT2D eigenvalue weighted by Gasteiger charge is -2.11. The van der Waals surface area contributed by atoms with Crippen LogP contribution in [-0.4, -0.2) is 28.7 Å². The maximum Gasteiger partial charge on any atom is 0.209 e. The van der Waals surface area contributed by atoms with Crippen molar-refractivity contribution in [3.05, 3.63) is 17.1 Å². The fourth-order valence-electron chi connectivity index (χ4n) is 2.78. The van der Waals surface area contributed by atoms with E-state index >= 15 is 0 Å². The number of fused-ring (bicyclic) bond motifs is 1. The average molecular weight is 339 g/mol. The van der Waals surface area contributed by atoms with Crippen LogP contribution in [0.4, 0.5) is 5.82 Å². The van der Waals surface area contributed by atoms with Crippen LogP contribution in [0, 0.1) is 13.8 Å². The zero-order chi connectivity index (χ0) is 17.2. The molecular formula is C15H25N5O2S. The summed E-state index contributed by atoms with van der Waals surface area (Å²) in [6.45, 7) is 6.75. The third-order valence-corrected chi connectivity index (χ3v) is 4.87. The highest BCUT2D eigenvalue weighted by Crippen LogP contribution is 2.27. The summed E-state index contributed by atoms with van der Waals surface area (Å²) in [4.78, 5) is 9.01. The molecule has 2 heterocycles. The number of rotatable bonds is 7. The molecule has 0 bridgehead atoms. The van der Waals surface area contributed by atoms with Crippen LogP contribution in [0.15, 0.2) is 0 Å². The zero-order valence-electron chi connectivity index (χ0n) is 14.0. The predicted octanol–water partition coefficient (Wildman–Crippen LogP) is 1.65. The molecule has 0 amide bonds. The quantitative estimate of drug-likeness (QED) is 0.744. The largest absolute Gasteiger partial charge is 0.382 e. The van der Waals surface area contributed by atoms with Crippen molar-refractivity contribution in [1.29, 1.82) is 0 Å². The van der Waals surface area contributed by atoms with Crippen LogP contribution in [0.1, 0.15) is 43.3 Å². The second-order valence-corrected chi connectivity index (χ2v) is 7.64. The van der Waals surface area contributed by atoms with Gasteiger partial charge in [0.1, 0.15) is 11.3 Å². The molecule has 8 heteroatoms. The summed E-state index contributed by atoms with van der Waals surface area (Å²) in [6.07, 6.45) is 3.08. The molecule has 2 rings (SSSR count). The Labute approximate surface area is 137 Å². The molecule has 0 aromatic carbocycles. The fourth-order valence-corrected chi connectivity index (χ4v) is 3.38. The van der Waals surface area contributed by atoms with Crippen LogP contribution in [0.3, 0.4) is 0 Å². The summed E-state index contributed by atoms with van der Waals surface area (Å²) < 4.78 is 24.3. The van der Waals surface area contributed by atoms with Gasteiger partial charge < -0.3 is 10.3 Å². The molecule has 0 unspecified atom stereocenters. The molecule has 7 nitrogen and oxygen atoms in total. The van der Waals surface area contributed by atoms with Gasteiger partial charge >= 0.3 is 0 Å². The topological polar surface area (TPSA) is 117 Å². The highest BCUT2D eigenvalue weighted by Gasteiger charge is 2.17. The van der Waals surface area contributed by atoms with E-state index in [-0.39, 0.29) is 5.75 Å². The van der Waals surface area contributed by atoms with Gasteiger partial charge in [0.15, 0.2) is 5.82 Å². The standard InChI is InChI=1S/C15H25N5O2S/c1-4-7-12-19-13-14(10(2)11(3)18-15(13)16)20(12)8-5-6-9-23(17,21)22/h4-9H2,1-3H3,(H2,16,18)(H2,17,21,22). The fraction of sp³-hybridized carbons (Fsp3) is 0.600. The molecule has 0 aliphatic rings. The van der Waals surface area contributed by atoms with Gasteiger partial charge in [-0.1, -0.05) is 6.92 Å². The third kappa shape index (κ3) is 4.00. The van der Waals surface area contributed by atoms with Gasteiger partial charge in [0.25, 0.3) is 0 Å². The molecule has 0 aliphatic carbocycles. The van der Waals surface area contributed by atoms with Crippen molar-refractivity contribution in [2.24, 2.45) is 5.14 Å². The third-order valence-electron chi connectivity index (χ3n) is 4.01. The van der Waals surface area contributed by atoms with Crippen LogP contribution in [0.2, 0.25) is 0 Å². The molecule has 0 spiro atoms. The smallest absolute Gasteiger partial charge is 0.209 e. The van der Waals surface area contributed by atoms with E-state index in [1.807, 2.05) is 13.8 Å². The van der Waals surface area contributed by atoms with Crippen molar-refractivity contribution in [1.82, 2.24) is 14.5 Å². The number of nitrogens with zero attached hydrogens (tertiary/aromatic N) is 3. The Hall–Kier alpha value is -1.67. The number of nitrogen functional groups attached to an aromatic ring is 1. The van der Waals surface area contributed by atoms with Crippen molar-refractivity contribution in [3.63, 3.8) is 0 Å². The number of imidazole rings is 1. The van der Waals surface area contributed by atoms with E-state index in [4.69, 9.17) is 10.9 Å².